The number of likely N-dealkylation sites (tertiary alicyclic amines) is 1. The number of aliphatic carboxylic acids is 1. The maximum absolute atomic E-state index is 12.6. The number of benzene rings is 1. The fourth-order valence-electron chi connectivity index (χ4n) is 6.12. The Morgan fingerprint density at radius 3 is 3.05 bits per heavy atom. The lowest BCUT2D eigenvalue weighted by Gasteiger charge is -2.26. The van der Waals surface area contributed by atoms with E-state index in [0.29, 0.717) is 32.9 Å². The molecule has 2 fully saturated rings. The summed E-state index contributed by atoms with van der Waals surface area (Å²) < 4.78 is 13.8. The number of unbranched alkanes of at least 4 members (excludes halogenated alkanes) is 1. The largest absolute Gasteiger partial charge is 0.480 e. The Bertz CT molecular complexity index is 1270. The minimum atomic E-state index is -0.833. The molecule has 6 rings (SSSR count). The van der Waals surface area contributed by atoms with Crippen molar-refractivity contribution < 1.29 is 19.4 Å². The number of rotatable bonds is 10. The van der Waals surface area contributed by atoms with Crippen LogP contribution in [0.4, 0.5) is 5.82 Å². The molecule has 2 saturated heterocycles. The van der Waals surface area contributed by atoms with Crippen LogP contribution in [0.2, 0.25) is 0 Å². The average Bonchev–Trinajstić information content (AvgIpc) is 3.70. The molecule has 38 heavy (non-hydrogen) atoms. The second kappa shape index (κ2) is 11.4. The summed E-state index contributed by atoms with van der Waals surface area (Å²) in [6.07, 6.45) is 8.84. The van der Waals surface area contributed by atoms with Crippen molar-refractivity contribution in [1.82, 2.24) is 19.7 Å². The highest BCUT2D eigenvalue weighted by atomic mass is 16.5. The number of pyridine rings is 1. The van der Waals surface area contributed by atoms with E-state index in [-0.39, 0.29) is 12.1 Å². The van der Waals surface area contributed by atoms with Gasteiger partial charge in [-0.25, -0.2) is 4.98 Å². The van der Waals surface area contributed by atoms with Gasteiger partial charge in [0.15, 0.2) is 0 Å². The summed E-state index contributed by atoms with van der Waals surface area (Å²) in [6, 6.07) is 9.65. The first-order chi connectivity index (χ1) is 18.7. The van der Waals surface area contributed by atoms with E-state index in [1.54, 1.807) is 0 Å². The lowest BCUT2D eigenvalue weighted by molar-refractivity contribution is -0.143. The van der Waals surface area contributed by atoms with Gasteiger partial charge in [0.25, 0.3) is 0 Å². The molecule has 9 nitrogen and oxygen atoms in total. The molecular weight excluding hydrogens is 482 g/mol. The lowest BCUT2D eigenvalue weighted by atomic mass is 10.0. The number of nitrogens with one attached hydrogen (secondary N) is 1. The van der Waals surface area contributed by atoms with Gasteiger partial charge in [-0.3, -0.25) is 14.4 Å². The topological polar surface area (TPSA) is 102 Å². The summed E-state index contributed by atoms with van der Waals surface area (Å²) >= 11 is 0. The Labute approximate surface area is 223 Å². The fourth-order valence-corrected chi connectivity index (χ4v) is 6.12. The summed E-state index contributed by atoms with van der Waals surface area (Å²) in [7, 11) is 0. The van der Waals surface area contributed by atoms with Crippen molar-refractivity contribution in [3.8, 4) is 0 Å². The number of nitrogens with zero attached hydrogens (tertiary/aromatic N) is 4. The van der Waals surface area contributed by atoms with Crippen molar-refractivity contribution in [3.05, 3.63) is 53.3 Å². The summed E-state index contributed by atoms with van der Waals surface area (Å²) in [5.74, 6) is 0.222. The lowest BCUT2D eigenvalue weighted by Crippen LogP contribution is -2.34. The van der Waals surface area contributed by atoms with Crippen molar-refractivity contribution in [2.45, 2.75) is 63.1 Å². The van der Waals surface area contributed by atoms with Crippen LogP contribution in [0.5, 0.6) is 0 Å². The molecule has 3 aliphatic rings. The second-order valence-electron chi connectivity index (χ2n) is 10.7. The highest BCUT2D eigenvalue weighted by Gasteiger charge is 2.36. The number of fused-ring (bicyclic) bond motifs is 2. The first-order valence-corrected chi connectivity index (χ1v) is 14.0. The first kappa shape index (κ1) is 25.3. The molecule has 3 aliphatic heterocycles. The van der Waals surface area contributed by atoms with Crippen molar-refractivity contribution in [2.75, 3.05) is 44.8 Å². The maximum Gasteiger partial charge on any atom is 0.325 e. The number of carboxylic acids is 1. The third-order valence-corrected chi connectivity index (χ3v) is 8.10. The van der Waals surface area contributed by atoms with E-state index in [0.717, 1.165) is 73.0 Å². The SMILES string of the molecule is O=C(O)C(c1cccc2cnn([C@@H]3CCOC3)c12)N1CCC(OCCCCc2ccc3c(n2)NCCC3)C1. The molecule has 9 heteroatoms. The van der Waals surface area contributed by atoms with Crippen LogP contribution in [-0.2, 0) is 27.1 Å². The molecule has 2 unspecified atom stereocenters. The molecule has 5 heterocycles. The summed E-state index contributed by atoms with van der Waals surface area (Å²) in [4.78, 5) is 19.4. The molecular formula is C29H37N5O4. The van der Waals surface area contributed by atoms with E-state index in [2.05, 4.69) is 22.5 Å². The third kappa shape index (κ3) is 5.28. The number of carbonyl (C=O) groups is 1. The smallest absolute Gasteiger partial charge is 0.325 e. The van der Waals surface area contributed by atoms with Crippen LogP contribution in [0.25, 0.3) is 10.9 Å². The molecule has 0 amide bonds. The minimum absolute atomic E-state index is 0.0512. The molecule has 0 bridgehead atoms. The Balaban J connectivity index is 1.05. The van der Waals surface area contributed by atoms with Crippen molar-refractivity contribution >= 4 is 22.7 Å². The Kier molecular flexibility index (Phi) is 7.58. The van der Waals surface area contributed by atoms with E-state index in [9.17, 15) is 9.90 Å². The molecule has 202 valence electrons. The average molecular weight is 520 g/mol. The van der Waals surface area contributed by atoms with Crippen molar-refractivity contribution in [3.63, 3.8) is 0 Å². The number of aromatic nitrogens is 3. The van der Waals surface area contributed by atoms with Gasteiger partial charge < -0.3 is 19.9 Å². The van der Waals surface area contributed by atoms with Crippen LogP contribution in [0.15, 0.2) is 36.5 Å². The number of ether oxygens (including phenoxy) is 2. The van der Waals surface area contributed by atoms with E-state index < -0.39 is 12.0 Å². The van der Waals surface area contributed by atoms with Gasteiger partial charge in [-0.05, 0) is 56.6 Å². The van der Waals surface area contributed by atoms with Gasteiger partial charge >= 0.3 is 5.97 Å². The van der Waals surface area contributed by atoms with Crippen LogP contribution in [-0.4, -0.2) is 76.3 Å². The Hall–Kier alpha value is -3.01. The van der Waals surface area contributed by atoms with E-state index >= 15 is 0 Å². The molecule has 2 aromatic heterocycles. The molecule has 0 radical (unpaired) electrons. The number of carboxylic acid groups (broad SMARTS) is 1. The summed E-state index contributed by atoms with van der Waals surface area (Å²) in [5, 5.41) is 19.3. The van der Waals surface area contributed by atoms with Crippen LogP contribution in [0, 0.1) is 0 Å². The predicted molar refractivity (Wildman–Crippen MR) is 144 cm³/mol. The summed E-state index contributed by atoms with van der Waals surface area (Å²) in [5.41, 5.74) is 4.16. The predicted octanol–water partition coefficient (Wildman–Crippen LogP) is 3.99. The number of aryl methyl sites for hydroxylation is 2. The standard InChI is InChI=1S/C29H37N5O4/c35-29(36)27(25-8-3-5-21-17-31-34(26(21)25)23-12-16-37-19-23)33-14-11-24(18-33)38-15-2-1-7-22-10-9-20-6-4-13-30-28(20)32-22/h3,5,8-10,17,23-24,27H,1-2,4,6-7,11-16,18-19H2,(H,30,32)(H,35,36)/t23-,24?,27?/m1/s1. The van der Waals surface area contributed by atoms with Gasteiger partial charge in [-0.2, -0.15) is 5.10 Å². The van der Waals surface area contributed by atoms with Crippen LogP contribution < -0.4 is 5.32 Å². The van der Waals surface area contributed by atoms with Crippen molar-refractivity contribution in [2.24, 2.45) is 0 Å². The van der Waals surface area contributed by atoms with E-state index in [1.165, 1.54) is 12.0 Å². The first-order valence-electron chi connectivity index (χ1n) is 14.0. The molecule has 3 aromatic rings. The normalized spacial score (nSPS) is 22.4. The molecule has 0 aliphatic carbocycles. The molecule has 0 spiro atoms. The van der Waals surface area contributed by atoms with Gasteiger partial charge in [0.2, 0.25) is 0 Å². The molecule has 0 saturated carbocycles. The maximum atomic E-state index is 12.6. The highest BCUT2D eigenvalue weighted by Crippen LogP contribution is 2.34. The quantitative estimate of drug-likeness (QED) is 0.388. The Morgan fingerprint density at radius 2 is 2.18 bits per heavy atom. The van der Waals surface area contributed by atoms with E-state index in [1.807, 2.05) is 34.0 Å². The zero-order valence-corrected chi connectivity index (χ0v) is 21.8. The van der Waals surface area contributed by atoms with Crippen molar-refractivity contribution in [1.29, 1.82) is 0 Å². The van der Waals surface area contributed by atoms with Gasteiger partial charge in [0.1, 0.15) is 11.9 Å². The second-order valence-corrected chi connectivity index (χ2v) is 10.7. The molecule has 1 aromatic carbocycles. The third-order valence-electron chi connectivity index (χ3n) is 8.10. The number of anilines is 1. The number of hydrogen-bond acceptors (Lipinski definition) is 7. The van der Waals surface area contributed by atoms with Crippen LogP contribution >= 0.6 is 0 Å². The van der Waals surface area contributed by atoms with E-state index in [4.69, 9.17) is 14.5 Å². The Morgan fingerprint density at radius 1 is 1.24 bits per heavy atom. The fraction of sp³-hybridized carbons (Fsp3) is 0.552. The highest BCUT2D eigenvalue weighted by molar-refractivity contribution is 5.88. The zero-order valence-electron chi connectivity index (χ0n) is 21.8. The van der Waals surface area contributed by atoms with Crippen LogP contribution in [0.3, 0.4) is 0 Å². The van der Waals surface area contributed by atoms with Gasteiger partial charge in [0.05, 0.1) is 30.5 Å². The minimum Gasteiger partial charge on any atom is -0.480 e. The van der Waals surface area contributed by atoms with Gasteiger partial charge in [0, 0.05) is 49.5 Å². The summed E-state index contributed by atoms with van der Waals surface area (Å²) in [6.45, 7) is 4.33. The number of hydrogen-bond donors (Lipinski definition) is 2. The zero-order chi connectivity index (χ0) is 25.9. The number of para-hydroxylation sites is 1. The monoisotopic (exact) mass is 519 g/mol. The van der Waals surface area contributed by atoms with Crippen LogP contribution in [0.1, 0.15) is 61.0 Å². The van der Waals surface area contributed by atoms with Gasteiger partial charge in [-0.1, -0.05) is 24.3 Å². The molecule has 2 N–H and O–H groups in total. The molecule has 3 atom stereocenters. The van der Waals surface area contributed by atoms with Gasteiger partial charge in [-0.15, -0.1) is 0 Å².